The third-order valence-corrected chi connectivity index (χ3v) is 29.5. The Bertz CT molecular complexity index is 9090. The summed E-state index contributed by atoms with van der Waals surface area (Å²) in [4.78, 5) is 4.75. The first-order chi connectivity index (χ1) is 66.5. The van der Waals surface area contributed by atoms with Crippen LogP contribution in [0.4, 0.5) is 34.1 Å². The van der Waals surface area contributed by atoms with Crippen molar-refractivity contribution in [2.45, 2.75) is 0 Å². The monoisotopic (exact) mass is 1740 g/mol. The molecule has 0 spiro atoms. The van der Waals surface area contributed by atoms with E-state index in [1.54, 1.807) is 0 Å². The SMILES string of the molecule is c1ccc(-n2c3ccccc3c3cc(-c4ccc(N(c5ccc(-c6ccc(-n7c8ccccc8c8ccccc87)cc6)cc5)c5ccc(-c6cccc7c6sc6ccccc67)cc5)cc4)ccc32)cc1.c1ccc(-n2c3ccccc3c3cc(-c4ccc(N(c5ccc(-c6cccc7c6sc6ccccc67)cc5)c5ccc(-n6c7ccccc7c7ccccc76)cc5)cc4)ccc32)cc1. The van der Waals surface area contributed by atoms with Gasteiger partial charge in [-0.15, -0.1) is 22.7 Å². The van der Waals surface area contributed by atoms with E-state index in [1.165, 1.54) is 189 Å². The van der Waals surface area contributed by atoms with Crippen molar-refractivity contribution in [3.8, 4) is 78.4 Å². The molecule has 6 heterocycles. The van der Waals surface area contributed by atoms with Crippen LogP contribution in [0.1, 0.15) is 0 Å². The van der Waals surface area contributed by atoms with Crippen molar-refractivity contribution in [3.63, 3.8) is 0 Å². The highest BCUT2D eigenvalue weighted by Crippen LogP contribution is 2.48. The van der Waals surface area contributed by atoms with Crippen molar-refractivity contribution in [3.05, 3.63) is 497 Å². The summed E-state index contributed by atoms with van der Waals surface area (Å²) in [7, 11) is 0. The third kappa shape index (κ3) is 13.3. The predicted molar refractivity (Wildman–Crippen MR) is 573 cm³/mol. The molecular formula is C126H82N6S2. The number of para-hydroxylation sites is 8. The molecule has 8 heteroatoms. The average Bonchev–Trinajstić information content (AvgIpc) is 1.59. The summed E-state index contributed by atoms with van der Waals surface area (Å²) in [5, 5.41) is 15.3. The van der Waals surface area contributed by atoms with Gasteiger partial charge in [0.2, 0.25) is 0 Å². The lowest BCUT2D eigenvalue weighted by Gasteiger charge is -2.26. The maximum atomic E-state index is 2.38. The normalized spacial score (nSPS) is 11.7. The second-order valence-corrected chi connectivity index (χ2v) is 36.7. The number of fused-ring (bicyclic) bond motifs is 18. The number of nitrogens with zero attached hydrogens (tertiary/aromatic N) is 6. The van der Waals surface area contributed by atoms with Crippen LogP contribution < -0.4 is 9.80 Å². The van der Waals surface area contributed by atoms with Gasteiger partial charge in [-0.2, -0.15) is 0 Å². The van der Waals surface area contributed by atoms with Gasteiger partial charge in [-0.3, -0.25) is 0 Å². The van der Waals surface area contributed by atoms with Crippen LogP contribution in [0.15, 0.2) is 497 Å². The Morgan fingerprint density at radius 2 is 0.358 bits per heavy atom. The highest BCUT2D eigenvalue weighted by Gasteiger charge is 2.24. The minimum Gasteiger partial charge on any atom is -0.311 e. The van der Waals surface area contributed by atoms with E-state index in [-0.39, 0.29) is 0 Å². The van der Waals surface area contributed by atoms with Gasteiger partial charge in [0, 0.05) is 140 Å². The molecule has 0 bridgehead atoms. The van der Waals surface area contributed by atoms with Crippen LogP contribution >= 0.6 is 22.7 Å². The smallest absolute Gasteiger partial charge is 0.0541 e. The second kappa shape index (κ2) is 32.5. The van der Waals surface area contributed by atoms with Crippen LogP contribution in [0.2, 0.25) is 0 Å². The van der Waals surface area contributed by atoms with E-state index >= 15 is 0 Å². The molecule has 0 N–H and O–H groups in total. The first kappa shape index (κ1) is 77.9. The lowest BCUT2D eigenvalue weighted by Crippen LogP contribution is -2.10. The number of benzene rings is 21. The molecule has 6 nitrogen and oxygen atoms in total. The molecule has 628 valence electrons. The summed E-state index contributed by atoms with van der Waals surface area (Å²) in [6, 6.07) is 182. The van der Waals surface area contributed by atoms with E-state index in [9.17, 15) is 0 Å². The lowest BCUT2D eigenvalue weighted by atomic mass is 10.0. The maximum Gasteiger partial charge on any atom is 0.0541 e. The van der Waals surface area contributed by atoms with Gasteiger partial charge in [-0.25, -0.2) is 0 Å². The van der Waals surface area contributed by atoms with Crippen molar-refractivity contribution in [2.24, 2.45) is 0 Å². The van der Waals surface area contributed by atoms with Gasteiger partial charge in [0.25, 0.3) is 0 Å². The van der Waals surface area contributed by atoms with Crippen molar-refractivity contribution >= 4 is 184 Å². The van der Waals surface area contributed by atoms with Gasteiger partial charge in [-0.05, 0) is 250 Å². The summed E-state index contributed by atoms with van der Waals surface area (Å²) in [6.07, 6.45) is 0. The van der Waals surface area contributed by atoms with Crippen LogP contribution in [0.25, 0.3) is 206 Å². The third-order valence-electron chi connectivity index (χ3n) is 27.1. The topological polar surface area (TPSA) is 26.2 Å². The van der Waals surface area contributed by atoms with Crippen molar-refractivity contribution < 1.29 is 0 Å². The van der Waals surface area contributed by atoms with Crippen LogP contribution in [0.5, 0.6) is 0 Å². The van der Waals surface area contributed by atoms with Crippen LogP contribution in [-0.2, 0) is 0 Å². The zero-order valence-electron chi connectivity index (χ0n) is 72.8. The predicted octanol–water partition coefficient (Wildman–Crippen LogP) is 35.8. The van der Waals surface area contributed by atoms with Gasteiger partial charge in [0.15, 0.2) is 0 Å². The lowest BCUT2D eigenvalue weighted by molar-refractivity contribution is 1.17. The molecule has 0 amide bonds. The molecule has 0 radical (unpaired) electrons. The molecule has 0 aliphatic rings. The van der Waals surface area contributed by atoms with Crippen LogP contribution in [0, 0.1) is 0 Å². The Labute approximate surface area is 782 Å². The quantitative estimate of drug-likeness (QED) is 0.102. The zero-order valence-corrected chi connectivity index (χ0v) is 74.5. The molecule has 0 saturated heterocycles. The fourth-order valence-electron chi connectivity index (χ4n) is 20.8. The van der Waals surface area contributed by atoms with E-state index in [0.717, 1.165) is 51.2 Å². The Balaban J connectivity index is 0.000000140. The minimum absolute atomic E-state index is 1.09. The minimum atomic E-state index is 1.09. The van der Waals surface area contributed by atoms with Gasteiger partial charge in [0.05, 0.1) is 44.1 Å². The standard InChI is InChI=1S/C66H43N3S.C60H39N3S/c1-2-13-49(14-3-1)68-63-23-10-6-17-57(63)60-43-48(33-42-64(60)68)46-29-36-51(37-30-46)67(52-40-31-47(32-41-52)54-19-12-20-59-58-18-7-11-24-65(58)70-66(54)59)50-34-25-44(26-35-50)45-27-38-53(39-28-45)69-61-21-8-4-15-55(61)56-16-5-9-22-62(56)69;1-2-13-43(14-3-1)62-57-23-10-6-17-51(57)54-39-42(29-38-58(54)62)40-25-30-44(31-26-40)61(45-32-27-41(28-33-45)48-19-12-20-53-52-18-7-11-24-59(52)64-60(48)53)46-34-36-47(37-35-46)63-55-21-8-4-15-49(55)50-16-5-9-22-56(50)63/h1-43H;1-39H. The molecular weight excluding hydrogens is 1660 g/mol. The molecule has 0 saturated carbocycles. The molecule has 0 atom stereocenters. The number of hydrogen-bond acceptors (Lipinski definition) is 4. The van der Waals surface area contributed by atoms with Crippen LogP contribution in [0.3, 0.4) is 0 Å². The highest BCUT2D eigenvalue weighted by molar-refractivity contribution is 7.26. The van der Waals surface area contributed by atoms with E-state index in [4.69, 9.17) is 0 Å². The molecule has 0 aliphatic heterocycles. The van der Waals surface area contributed by atoms with Gasteiger partial charge in [0.1, 0.15) is 0 Å². The summed E-state index contributed by atoms with van der Waals surface area (Å²) < 4.78 is 14.8. The van der Waals surface area contributed by atoms with Crippen molar-refractivity contribution in [2.75, 3.05) is 9.80 Å². The van der Waals surface area contributed by atoms with Crippen molar-refractivity contribution in [1.29, 1.82) is 0 Å². The Kier molecular flexibility index (Phi) is 18.9. The average molecular weight is 1740 g/mol. The molecule has 27 aromatic rings. The van der Waals surface area contributed by atoms with Gasteiger partial charge in [-0.1, -0.05) is 303 Å². The van der Waals surface area contributed by atoms with E-state index in [1.807, 2.05) is 22.7 Å². The second-order valence-electron chi connectivity index (χ2n) is 34.6. The molecule has 0 fully saturated rings. The Morgan fingerprint density at radius 3 is 0.679 bits per heavy atom. The largest absolute Gasteiger partial charge is 0.311 e. The molecule has 134 heavy (non-hydrogen) atoms. The van der Waals surface area contributed by atoms with Crippen molar-refractivity contribution in [1.82, 2.24) is 18.3 Å². The molecule has 6 aromatic heterocycles. The summed E-state index contributed by atoms with van der Waals surface area (Å²) in [6.45, 7) is 0. The maximum absolute atomic E-state index is 2.38. The summed E-state index contributed by atoms with van der Waals surface area (Å²) >= 11 is 3.75. The molecule has 0 unspecified atom stereocenters. The number of rotatable bonds is 15. The summed E-state index contributed by atoms with van der Waals surface area (Å²) in [5.41, 5.74) is 32.9. The first-order valence-corrected chi connectivity index (χ1v) is 47.4. The van der Waals surface area contributed by atoms with Crippen LogP contribution in [-0.4, -0.2) is 18.3 Å². The number of aromatic nitrogens is 4. The number of hydrogen-bond donors (Lipinski definition) is 0. The van der Waals surface area contributed by atoms with E-state index in [2.05, 4.69) is 526 Å². The van der Waals surface area contributed by atoms with Gasteiger partial charge >= 0.3 is 0 Å². The molecule has 0 aliphatic carbocycles. The van der Waals surface area contributed by atoms with Gasteiger partial charge < -0.3 is 28.1 Å². The van der Waals surface area contributed by atoms with E-state index in [0.29, 0.717) is 0 Å². The number of anilines is 6. The first-order valence-electron chi connectivity index (χ1n) is 45.7. The molecule has 27 rings (SSSR count). The Morgan fingerprint density at radius 1 is 0.142 bits per heavy atom. The highest BCUT2D eigenvalue weighted by atomic mass is 32.1. The number of thiophene rings is 2. The molecule has 21 aromatic carbocycles. The zero-order chi connectivity index (χ0) is 88.3. The fraction of sp³-hybridized carbons (Fsp3) is 0. The fourth-order valence-corrected chi connectivity index (χ4v) is 23.3. The van der Waals surface area contributed by atoms with E-state index < -0.39 is 0 Å². The summed E-state index contributed by atoms with van der Waals surface area (Å²) in [5.74, 6) is 0. The Hall–Kier alpha value is -17.1.